The third kappa shape index (κ3) is 4.43. The van der Waals surface area contributed by atoms with Crippen LogP contribution >= 0.6 is 0 Å². The zero-order valence-electron chi connectivity index (χ0n) is 16.2. The molecule has 3 aromatic rings. The van der Waals surface area contributed by atoms with Gasteiger partial charge in [0.15, 0.2) is 0 Å². The van der Waals surface area contributed by atoms with Crippen LogP contribution in [0.1, 0.15) is 45.0 Å². The zero-order chi connectivity index (χ0) is 21.0. The highest BCUT2D eigenvalue weighted by molar-refractivity contribution is 6.00. The molecular formula is C23H22N2O4. The molecule has 0 saturated heterocycles. The van der Waals surface area contributed by atoms with E-state index in [-0.39, 0.29) is 17.0 Å². The summed E-state index contributed by atoms with van der Waals surface area (Å²) in [7, 11) is 1.64. The molecule has 0 aliphatic rings. The predicted molar refractivity (Wildman–Crippen MR) is 111 cm³/mol. The second-order valence-corrected chi connectivity index (χ2v) is 6.95. The Morgan fingerprint density at radius 3 is 2.28 bits per heavy atom. The number of benzene rings is 2. The molecule has 2 N–H and O–H groups in total. The summed E-state index contributed by atoms with van der Waals surface area (Å²) < 4.78 is 1.44. The highest BCUT2D eigenvalue weighted by Crippen LogP contribution is 2.32. The number of hydrogen-bond acceptors (Lipinski definition) is 4. The molecule has 0 amide bonds. The van der Waals surface area contributed by atoms with Crippen LogP contribution in [0.2, 0.25) is 0 Å². The summed E-state index contributed by atoms with van der Waals surface area (Å²) in [5, 5.41) is 22.4. The number of carboxylic acid groups (broad SMARTS) is 1. The van der Waals surface area contributed by atoms with Gasteiger partial charge in [0.05, 0.1) is 11.3 Å². The van der Waals surface area contributed by atoms with E-state index >= 15 is 0 Å². The molecule has 6 nitrogen and oxygen atoms in total. The Bertz CT molecular complexity index is 1110. The maximum absolute atomic E-state index is 11.7. The number of hydrogen-bond donors (Lipinski definition) is 2. The van der Waals surface area contributed by atoms with E-state index in [1.165, 1.54) is 10.6 Å². The lowest BCUT2D eigenvalue weighted by Gasteiger charge is -2.21. The SMILES string of the molecule is Cc1ccccc1C(C/C(=N/O)c1ccc(=O)n(C)c1)c1ccc(C(=O)O)cc1. The number of aromatic nitrogens is 1. The number of aromatic carboxylic acids is 1. The van der Waals surface area contributed by atoms with Crippen molar-refractivity contribution in [2.75, 3.05) is 0 Å². The molecule has 0 bridgehead atoms. The Labute approximate surface area is 168 Å². The van der Waals surface area contributed by atoms with E-state index in [4.69, 9.17) is 0 Å². The summed E-state index contributed by atoms with van der Waals surface area (Å²) >= 11 is 0. The van der Waals surface area contributed by atoms with Gasteiger partial charge in [-0.25, -0.2) is 4.79 Å². The van der Waals surface area contributed by atoms with E-state index in [1.54, 1.807) is 43.6 Å². The molecular weight excluding hydrogens is 368 g/mol. The molecule has 6 heteroatoms. The fourth-order valence-corrected chi connectivity index (χ4v) is 3.42. The van der Waals surface area contributed by atoms with Gasteiger partial charge in [-0.2, -0.15) is 0 Å². The molecule has 0 aliphatic carbocycles. The van der Waals surface area contributed by atoms with E-state index < -0.39 is 5.97 Å². The number of nitrogens with zero attached hydrogens (tertiary/aromatic N) is 2. The second kappa shape index (κ2) is 8.56. The smallest absolute Gasteiger partial charge is 0.335 e. The number of aryl methyl sites for hydroxylation is 2. The minimum atomic E-state index is -0.980. The summed E-state index contributed by atoms with van der Waals surface area (Å²) in [6.45, 7) is 2.01. The van der Waals surface area contributed by atoms with Crippen molar-refractivity contribution in [1.82, 2.24) is 4.57 Å². The van der Waals surface area contributed by atoms with Crippen LogP contribution < -0.4 is 5.56 Å². The molecule has 29 heavy (non-hydrogen) atoms. The molecule has 0 radical (unpaired) electrons. The van der Waals surface area contributed by atoms with E-state index in [1.807, 2.05) is 31.2 Å². The van der Waals surface area contributed by atoms with Gasteiger partial charge in [-0.15, -0.1) is 0 Å². The Morgan fingerprint density at radius 2 is 1.69 bits per heavy atom. The predicted octanol–water partition coefficient (Wildman–Crippen LogP) is 3.79. The zero-order valence-corrected chi connectivity index (χ0v) is 16.2. The van der Waals surface area contributed by atoms with Gasteiger partial charge in [0.1, 0.15) is 0 Å². The first kappa shape index (κ1) is 20.1. The van der Waals surface area contributed by atoms with Crippen molar-refractivity contribution in [2.45, 2.75) is 19.3 Å². The molecule has 3 rings (SSSR count). The van der Waals surface area contributed by atoms with E-state index in [9.17, 15) is 19.9 Å². The number of carboxylic acids is 1. The molecule has 0 saturated carbocycles. The summed E-state index contributed by atoms with van der Waals surface area (Å²) in [6, 6.07) is 17.7. The Kier molecular flexibility index (Phi) is 5.93. The van der Waals surface area contributed by atoms with Gasteiger partial charge in [-0.1, -0.05) is 41.6 Å². The van der Waals surface area contributed by atoms with E-state index in [0.29, 0.717) is 17.7 Å². The van der Waals surface area contributed by atoms with Crippen LogP contribution in [-0.2, 0) is 7.05 Å². The number of carbonyl (C=O) groups is 1. The van der Waals surface area contributed by atoms with Gasteiger partial charge in [-0.3, -0.25) is 4.79 Å². The van der Waals surface area contributed by atoms with Crippen LogP contribution in [0.4, 0.5) is 0 Å². The van der Waals surface area contributed by atoms with Gasteiger partial charge in [0.25, 0.3) is 0 Å². The average Bonchev–Trinajstić information content (AvgIpc) is 2.72. The molecule has 1 atom stereocenters. The third-order valence-corrected chi connectivity index (χ3v) is 5.06. The number of oxime groups is 1. The van der Waals surface area contributed by atoms with Crippen molar-refractivity contribution < 1.29 is 15.1 Å². The van der Waals surface area contributed by atoms with Crippen molar-refractivity contribution >= 4 is 11.7 Å². The second-order valence-electron chi connectivity index (χ2n) is 6.95. The Balaban J connectivity index is 2.05. The molecule has 1 aromatic heterocycles. The Morgan fingerprint density at radius 1 is 1.03 bits per heavy atom. The van der Waals surface area contributed by atoms with Crippen molar-refractivity contribution in [3.05, 3.63) is 105 Å². The Hall–Kier alpha value is -3.67. The largest absolute Gasteiger partial charge is 0.478 e. The van der Waals surface area contributed by atoms with Crippen LogP contribution in [0, 0.1) is 6.92 Å². The van der Waals surface area contributed by atoms with Gasteiger partial charge in [0.2, 0.25) is 5.56 Å². The maximum Gasteiger partial charge on any atom is 0.335 e. The van der Waals surface area contributed by atoms with Gasteiger partial charge < -0.3 is 14.9 Å². The van der Waals surface area contributed by atoms with Crippen LogP contribution in [0.25, 0.3) is 0 Å². The topological polar surface area (TPSA) is 91.9 Å². The maximum atomic E-state index is 11.7. The van der Waals surface area contributed by atoms with Crippen molar-refractivity contribution in [1.29, 1.82) is 0 Å². The fraction of sp³-hybridized carbons (Fsp3) is 0.174. The summed E-state index contributed by atoms with van der Waals surface area (Å²) in [5.74, 6) is -1.13. The first-order valence-corrected chi connectivity index (χ1v) is 9.17. The third-order valence-electron chi connectivity index (χ3n) is 5.06. The van der Waals surface area contributed by atoms with Crippen LogP contribution in [0.5, 0.6) is 0 Å². The normalized spacial score (nSPS) is 12.6. The minimum Gasteiger partial charge on any atom is -0.478 e. The fourth-order valence-electron chi connectivity index (χ4n) is 3.42. The lowest BCUT2D eigenvalue weighted by Crippen LogP contribution is -2.18. The molecule has 2 aromatic carbocycles. The highest BCUT2D eigenvalue weighted by atomic mass is 16.4. The highest BCUT2D eigenvalue weighted by Gasteiger charge is 2.21. The first-order valence-electron chi connectivity index (χ1n) is 9.17. The summed E-state index contributed by atoms with van der Waals surface area (Å²) in [6.07, 6.45) is 2.02. The quantitative estimate of drug-likeness (QED) is 0.380. The monoisotopic (exact) mass is 390 g/mol. The van der Waals surface area contributed by atoms with Crippen molar-refractivity contribution in [3.63, 3.8) is 0 Å². The average molecular weight is 390 g/mol. The number of rotatable bonds is 6. The van der Waals surface area contributed by atoms with Crippen molar-refractivity contribution in [3.8, 4) is 0 Å². The molecule has 0 aliphatic heterocycles. The molecule has 1 heterocycles. The lowest BCUT2D eigenvalue weighted by molar-refractivity contribution is 0.0697. The lowest BCUT2D eigenvalue weighted by atomic mass is 9.83. The van der Waals surface area contributed by atoms with Gasteiger partial charge >= 0.3 is 5.97 Å². The number of pyridine rings is 1. The van der Waals surface area contributed by atoms with Crippen molar-refractivity contribution in [2.24, 2.45) is 12.2 Å². The van der Waals surface area contributed by atoms with Crippen LogP contribution in [0.15, 0.2) is 76.8 Å². The van der Waals surface area contributed by atoms with Crippen LogP contribution in [0.3, 0.4) is 0 Å². The minimum absolute atomic E-state index is 0.147. The van der Waals surface area contributed by atoms with E-state index in [0.717, 1.165) is 16.7 Å². The molecule has 1 unspecified atom stereocenters. The summed E-state index contributed by atoms with van der Waals surface area (Å²) in [4.78, 5) is 22.9. The molecule has 0 spiro atoms. The first-order chi connectivity index (χ1) is 13.9. The van der Waals surface area contributed by atoms with Crippen LogP contribution in [-0.4, -0.2) is 26.6 Å². The molecule has 148 valence electrons. The van der Waals surface area contributed by atoms with Gasteiger partial charge in [0, 0.05) is 37.2 Å². The summed E-state index contributed by atoms with van der Waals surface area (Å²) in [5.41, 5.74) is 4.21. The van der Waals surface area contributed by atoms with E-state index in [2.05, 4.69) is 5.16 Å². The standard InChI is InChI=1S/C23H22N2O4/c1-15-5-3-4-6-19(15)20(16-7-9-17(10-8-16)23(27)28)13-21(24-29)18-11-12-22(26)25(2)14-18/h3-12,14,20,29H,13H2,1-2H3,(H,27,28)/b24-21-. The molecule has 0 fully saturated rings. The van der Waals surface area contributed by atoms with Gasteiger partial charge in [-0.05, 0) is 41.8 Å².